The summed E-state index contributed by atoms with van der Waals surface area (Å²) < 4.78 is 10.9. The summed E-state index contributed by atoms with van der Waals surface area (Å²) in [6, 6.07) is 8.29. The summed E-state index contributed by atoms with van der Waals surface area (Å²) in [5.41, 5.74) is 3.67. The van der Waals surface area contributed by atoms with E-state index in [0.29, 0.717) is 19.1 Å². The number of ether oxygens (including phenoxy) is 2. The first-order valence-electron chi connectivity index (χ1n) is 8.33. The molecular formula is C18H22N2O3. The molecule has 1 amide bonds. The summed E-state index contributed by atoms with van der Waals surface area (Å²) in [6.07, 6.45) is 1.92. The van der Waals surface area contributed by atoms with Gasteiger partial charge in [0, 0.05) is 54.2 Å². The molecule has 4 rings (SSSR count). The van der Waals surface area contributed by atoms with Gasteiger partial charge in [0.2, 0.25) is 5.91 Å². The van der Waals surface area contributed by atoms with E-state index in [1.165, 1.54) is 16.6 Å². The van der Waals surface area contributed by atoms with Crippen LogP contribution in [0.1, 0.15) is 17.7 Å². The first-order chi connectivity index (χ1) is 11.3. The number of aromatic amines is 1. The van der Waals surface area contributed by atoms with Crippen LogP contribution in [-0.4, -0.2) is 48.8 Å². The molecule has 1 fully saturated rings. The molecule has 5 nitrogen and oxygen atoms in total. The van der Waals surface area contributed by atoms with Crippen LogP contribution in [0, 0.1) is 5.92 Å². The number of aromatic nitrogens is 1. The van der Waals surface area contributed by atoms with Crippen LogP contribution < -0.4 is 0 Å². The Hall–Kier alpha value is -1.85. The average molecular weight is 314 g/mol. The normalized spacial score (nSPS) is 20.9. The van der Waals surface area contributed by atoms with Gasteiger partial charge in [-0.1, -0.05) is 18.2 Å². The van der Waals surface area contributed by atoms with E-state index in [-0.39, 0.29) is 12.5 Å². The lowest BCUT2D eigenvalue weighted by atomic mass is 10.0. The van der Waals surface area contributed by atoms with Crippen molar-refractivity contribution in [2.75, 3.05) is 33.0 Å². The zero-order valence-electron chi connectivity index (χ0n) is 13.2. The lowest BCUT2D eigenvalue weighted by Crippen LogP contribution is -2.38. The quantitative estimate of drug-likeness (QED) is 0.940. The minimum absolute atomic E-state index is 0.0832. The Labute approximate surface area is 135 Å². The van der Waals surface area contributed by atoms with Gasteiger partial charge in [-0.15, -0.1) is 0 Å². The van der Waals surface area contributed by atoms with E-state index in [4.69, 9.17) is 9.47 Å². The molecule has 1 aromatic heterocycles. The van der Waals surface area contributed by atoms with E-state index in [1.807, 2.05) is 17.0 Å². The molecule has 0 radical (unpaired) electrons. The largest absolute Gasteiger partial charge is 0.381 e. The van der Waals surface area contributed by atoms with Crippen molar-refractivity contribution in [2.45, 2.75) is 19.4 Å². The van der Waals surface area contributed by atoms with Crippen LogP contribution in [0.15, 0.2) is 24.3 Å². The van der Waals surface area contributed by atoms with E-state index >= 15 is 0 Å². The Morgan fingerprint density at radius 1 is 1.39 bits per heavy atom. The fraction of sp³-hybridized carbons (Fsp3) is 0.500. The smallest absolute Gasteiger partial charge is 0.248 e. The summed E-state index contributed by atoms with van der Waals surface area (Å²) in [5, 5.41) is 1.23. The molecule has 122 valence electrons. The van der Waals surface area contributed by atoms with Crippen LogP contribution in [0.3, 0.4) is 0 Å². The number of nitrogens with one attached hydrogen (secondary N) is 1. The highest BCUT2D eigenvalue weighted by molar-refractivity contribution is 5.86. The van der Waals surface area contributed by atoms with Crippen LogP contribution in [-0.2, 0) is 27.2 Å². The minimum Gasteiger partial charge on any atom is -0.381 e. The predicted octanol–water partition coefficient (Wildman–Crippen LogP) is 2.11. The number of carbonyl (C=O) groups is 1. The lowest BCUT2D eigenvalue weighted by Gasteiger charge is -2.27. The third kappa shape index (κ3) is 2.99. The van der Waals surface area contributed by atoms with E-state index in [2.05, 4.69) is 17.1 Å². The SMILES string of the molecule is O=C(COC[C@H]1CCOC1)N1CCc2[nH]c3ccccc3c2C1. The van der Waals surface area contributed by atoms with Gasteiger partial charge < -0.3 is 19.4 Å². The summed E-state index contributed by atoms with van der Waals surface area (Å²) in [4.78, 5) is 17.8. The maximum Gasteiger partial charge on any atom is 0.248 e. The van der Waals surface area contributed by atoms with Crippen molar-refractivity contribution in [2.24, 2.45) is 5.92 Å². The molecular weight excluding hydrogens is 292 g/mol. The van der Waals surface area contributed by atoms with E-state index in [0.717, 1.165) is 38.1 Å². The zero-order valence-corrected chi connectivity index (χ0v) is 13.2. The number of benzene rings is 1. The molecule has 1 N–H and O–H groups in total. The second kappa shape index (κ2) is 6.34. The van der Waals surface area contributed by atoms with E-state index in [1.54, 1.807) is 0 Å². The van der Waals surface area contributed by atoms with Gasteiger partial charge in [-0.05, 0) is 12.5 Å². The van der Waals surface area contributed by atoms with Crippen LogP contribution >= 0.6 is 0 Å². The van der Waals surface area contributed by atoms with Crippen LogP contribution in [0.2, 0.25) is 0 Å². The highest BCUT2D eigenvalue weighted by Gasteiger charge is 2.24. The Morgan fingerprint density at radius 2 is 2.30 bits per heavy atom. The molecule has 0 spiro atoms. The first kappa shape index (κ1) is 14.7. The average Bonchev–Trinajstić information content (AvgIpc) is 3.21. The number of H-pyrrole nitrogens is 1. The van der Waals surface area contributed by atoms with Crippen molar-refractivity contribution >= 4 is 16.8 Å². The number of para-hydroxylation sites is 1. The minimum atomic E-state index is 0.0832. The molecule has 23 heavy (non-hydrogen) atoms. The highest BCUT2D eigenvalue weighted by atomic mass is 16.5. The van der Waals surface area contributed by atoms with Crippen molar-refractivity contribution in [3.63, 3.8) is 0 Å². The fourth-order valence-corrected chi connectivity index (χ4v) is 3.50. The van der Waals surface area contributed by atoms with Crippen LogP contribution in [0.5, 0.6) is 0 Å². The molecule has 2 aliphatic heterocycles. The van der Waals surface area contributed by atoms with Gasteiger partial charge in [-0.3, -0.25) is 4.79 Å². The van der Waals surface area contributed by atoms with E-state index < -0.39 is 0 Å². The molecule has 5 heteroatoms. The summed E-state index contributed by atoms with van der Waals surface area (Å²) >= 11 is 0. The van der Waals surface area contributed by atoms with Gasteiger partial charge in [0.05, 0.1) is 13.2 Å². The van der Waals surface area contributed by atoms with Crippen molar-refractivity contribution in [3.05, 3.63) is 35.5 Å². The fourth-order valence-electron chi connectivity index (χ4n) is 3.50. The zero-order chi connectivity index (χ0) is 15.6. The molecule has 1 saturated heterocycles. The lowest BCUT2D eigenvalue weighted by molar-refractivity contribution is -0.137. The molecule has 0 bridgehead atoms. The van der Waals surface area contributed by atoms with Gasteiger partial charge in [0.25, 0.3) is 0 Å². The highest BCUT2D eigenvalue weighted by Crippen LogP contribution is 2.27. The molecule has 0 aliphatic carbocycles. The van der Waals surface area contributed by atoms with Crippen LogP contribution in [0.4, 0.5) is 0 Å². The number of carbonyl (C=O) groups excluding carboxylic acids is 1. The monoisotopic (exact) mass is 314 g/mol. The second-order valence-electron chi connectivity index (χ2n) is 6.44. The molecule has 1 atom stereocenters. The Bertz CT molecular complexity index is 703. The molecule has 2 aromatic rings. The van der Waals surface area contributed by atoms with Crippen molar-refractivity contribution < 1.29 is 14.3 Å². The Balaban J connectivity index is 1.38. The van der Waals surface area contributed by atoms with Crippen molar-refractivity contribution in [1.29, 1.82) is 0 Å². The third-order valence-electron chi connectivity index (χ3n) is 4.84. The summed E-state index contributed by atoms with van der Waals surface area (Å²) in [5.74, 6) is 0.532. The Morgan fingerprint density at radius 3 is 3.17 bits per heavy atom. The summed E-state index contributed by atoms with van der Waals surface area (Å²) in [6.45, 7) is 3.81. The Kier molecular flexibility index (Phi) is 4.06. The number of hydrogen-bond donors (Lipinski definition) is 1. The van der Waals surface area contributed by atoms with Gasteiger partial charge in [0.15, 0.2) is 0 Å². The second-order valence-corrected chi connectivity index (χ2v) is 6.44. The van der Waals surface area contributed by atoms with Gasteiger partial charge >= 0.3 is 0 Å². The number of rotatable bonds is 4. The van der Waals surface area contributed by atoms with Crippen LogP contribution in [0.25, 0.3) is 10.9 Å². The maximum absolute atomic E-state index is 12.4. The molecule has 3 heterocycles. The predicted molar refractivity (Wildman–Crippen MR) is 87.2 cm³/mol. The molecule has 0 saturated carbocycles. The number of hydrogen-bond acceptors (Lipinski definition) is 3. The first-order valence-corrected chi connectivity index (χ1v) is 8.33. The van der Waals surface area contributed by atoms with E-state index in [9.17, 15) is 4.79 Å². The molecule has 2 aliphatic rings. The third-order valence-corrected chi connectivity index (χ3v) is 4.84. The van der Waals surface area contributed by atoms with Crippen molar-refractivity contribution in [3.8, 4) is 0 Å². The standard InChI is InChI=1S/C18H22N2O3/c21-18(12-23-11-13-6-8-22-10-13)20-7-5-17-15(9-20)14-3-1-2-4-16(14)19-17/h1-4,13,19H,5-12H2/t13-/m0/s1. The number of amides is 1. The van der Waals surface area contributed by atoms with Crippen molar-refractivity contribution in [1.82, 2.24) is 9.88 Å². The van der Waals surface area contributed by atoms with Gasteiger partial charge in [0.1, 0.15) is 6.61 Å². The van der Waals surface area contributed by atoms with Gasteiger partial charge in [-0.2, -0.15) is 0 Å². The summed E-state index contributed by atoms with van der Waals surface area (Å²) in [7, 11) is 0. The number of fused-ring (bicyclic) bond motifs is 3. The molecule has 0 unspecified atom stereocenters. The molecule has 1 aromatic carbocycles. The maximum atomic E-state index is 12.4. The topological polar surface area (TPSA) is 54.6 Å². The number of nitrogens with zero attached hydrogens (tertiary/aromatic N) is 1. The van der Waals surface area contributed by atoms with Gasteiger partial charge in [-0.25, -0.2) is 0 Å².